The van der Waals surface area contributed by atoms with E-state index in [1.165, 1.54) is 10.8 Å². The van der Waals surface area contributed by atoms with Crippen LogP contribution in [0.1, 0.15) is 0 Å². The molecule has 0 radical (unpaired) electrons. The van der Waals surface area contributed by atoms with Crippen molar-refractivity contribution in [2.24, 2.45) is 0 Å². The van der Waals surface area contributed by atoms with Crippen molar-refractivity contribution in [2.75, 3.05) is 0 Å². The monoisotopic (exact) mass is 806 g/mol. The molecule has 0 fully saturated rings. The van der Waals surface area contributed by atoms with Gasteiger partial charge in [-0.25, -0.2) is 15.0 Å². The summed E-state index contributed by atoms with van der Waals surface area (Å²) in [6.07, 6.45) is 0. The first-order valence-electron chi connectivity index (χ1n) is 21.1. The maximum atomic E-state index is 6.79. The van der Waals surface area contributed by atoms with Crippen LogP contribution in [0.4, 0.5) is 0 Å². The third kappa shape index (κ3) is 5.69. The van der Waals surface area contributed by atoms with Gasteiger partial charge in [0.15, 0.2) is 28.6 Å². The Morgan fingerprint density at radius 1 is 0.302 bits per heavy atom. The molecule has 4 heterocycles. The minimum atomic E-state index is 0.625. The largest absolute Gasteiger partial charge is 0.452 e. The molecule has 4 aromatic heterocycles. The topological polar surface area (TPSA) is 69.9 Å². The van der Waals surface area contributed by atoms with Gasteiger partial charge in [-0.3, -0.25) is 0 Å². The molecule has 9 aromatic carbocycles. The van der Waals surface area contributed by atoms with E-state index in [2.05, 4.69) is 132 Å². The molecule has 0 amide bonds. The standard InChI is InChI=1S/C57H34N4O2/c1-3-14-35(15-4-1)55-58-56(36-16-5-2-6-17-36)60-57(59-55)40-20-11-18-37(32-40)38-19-12-21-41(33-38)61-49-26-9-7-22-43(49)48-34-39(28-31-50(48)61)42-24-13-25-45-47-30-29-46-44-23-8-10-27-51(44)62-53(46)54(47)63-52(42)45/h1-34H. The van der Waals surface area contributed by atoms with E-state index < -0.39 is 0 Å². The molecule has 0 unspecified atom stereocenters. The summed E-state index contributed by atoms with van der Waals surface area (Å²) in [7, 11) is 0. The second-order valence-corrected chi connectivity index (χ2v) is 16.0. The van der Waals surface area contributed by atoms with Crippen LogP contribution in [-0.2, 0) is 0 Å². The molecular formula is C57H34N4O2. The fourth-order valence-electron chi connectivity index (χ4n) is 9.28. The lowest BCUT2D eigenvalue weighted by Crippen LogP contribution is -2.00. The lowest BCUT2D eigenvalue weighted by molar-refractivity contribution is 0.634. The molecule has 6 nitrogen and oxygen atoms in total. The van der Waals surface area contributed by atoms with E-state index in [-0.39, 0.29) is 0 Å². The highest BCUT2D eigenvalue weighted by molar-refractivity contribution is 6.20. The summed E-state index contributed by atoms with van der Waals surface area (Å²) in [5.41, 5.74) is 13.7. The highest BCUT2D eigenvalue weighted by Crippen LogP contribution is 2.43. The smallest absolute Gasteiger partial charge is 0.178 e. The van der Waals surface area contributed by atoms with Crippen molar-refractivity contribution in [1.29, 1.82) is 0 Å². The fraction of sp³-hybridized carbons (Fsp3) is 0. The van der Waals surface area contributed by atoms with Crippen molar-refractivity contribution in [3.05, 3.63) is 206 Å². The highest BCUT2D eigenvalue weighted by Gasteiger charge is 2.20. The number of aromatic nitrogens is 4. The Labute approximate surface area is 361 Å². The van der Waals surface area contributed by atoms with E-state index in [1.807, 2.05) is 78.9 Å². The van der Waals surface area contributed by atoms with Gasteiger partial charge in [0, 0.05) is 60.3 Å². The molecule has 13 aromatic rings. The molecule has 0 aliphatic carbocycles. The maximum absolute atomic E-state index is 6.79. The van der Waals surface area contributed by atoms with Gasteiger partial charge in [-0.2, -0.15) is 0 Å². The molecule has 63 heavy (non-hydrogen) atoms. The van der Waals surface area contributed by atoms with Crippen LogP contribution < -0.4 is 0 Å². The van der Waals surface area contributed by atoms with Crippen LogP contribution >= 0.6 is 0 Å². The highest BCUT2D eigenvalue weighted by atomic mass is 16.4. The zero-order valence-electron chi connectivity index (χ0n) is 33.7. The molecule has 6 heteroatoms. The van der Waals surface area contributed by atoms with Crippen LogP contribution in [0.2, 0.25) is 0 Å². The second kappa shape index (κ2) is 14.0. The van der Waals surface area contributed by atoms with E-state index in [0.29, 0.717) is 17.5 Å². The van der Waals surface area contributed by atoms with Gasteiger partial charge in [0.25, 0.3) is 0 Å². The molecule has 13 rings (SSSR count). The SMILES string of the molecule is c1ccc(-c2nc(-c3ccccc3)nc(-c3cccc(-c4cccc(-n5c6ccccc6c6cc(-c7cccc8c7oc7c8ccc8c9ccccc9oc87)ccc65)c4)c3)n2)cc1. The van der Waals surface area contributed by atoms with Crippen LogP contribution in [0.3, 0.4) is 0 Å². The molecule has 0 saturated carbocycles. The van der Waals surface area contributed by atoms with Gasteiger partial charge < -0.3 is 13.4 Å². The van der Waals surface area contributed by atoms with E-state index in [9.17, 15) is 0 Å². The second-order valence-electron chi connectivity index (χ2n) is 16.0. The van der Waals surface area contributed by atoms with Crippen LogP contribution in [-0.4, -0.2) is 19.5 Å². The average molecular weight is 807 g/mol. The predicted octanol–water partition coefficient (Wildman–Crippen LogP) is 15.1. The minimum Gasteiger partial charge on any atom is -0.452 e. The molecular weight excluding hydrogens is 773 g/mol. The number of furan rings is 2. The van der Waals surface area contributed by atoms with Crippen molar-refractivity contribution >= 4 is 65.7 Å². The number of para-hydroxylation sites is 3. The van der Waals surface area contributed by atoms with E-state index in [1.54, 1.807) is 0 Å². The number of hydrogen-bond donors (Lipinski definition) is 0. The van der Waals surface area contributed by atoms with Gasteiger partial charge in [-0.1, -0.05) is 152 Å². The number of benzene rings is 9. The lowest BCUT2D eigenvalue weighted by Gasteiger charge is -2.12. The van der Waals surface area contributed by atoms with Crippen molar-refractivity contribution in [3.63, 3.8) is 0 Å². The Kier molecular flexibility index (Phi) is 7.80. The van der Waals surface area contributed by atoms with Crippen LogP contribution in [0.25, 0.3) is 128 Å². The Hall–Kier alpha value is -8.61. The zero-order valence-corrected chi connectivity index (χ0v) is 33.7. The minimum absolute atomic E-state index is 0.625. The zero-order chi connectivity index (χ0) is 41.4. The lowest BCUT2D eigenvalue weighted by atomic mass is 10.00. The summed E-state index contributed by atoms with van der Waals surface area (Å²) >= 11 is 0. The van der Waals surface area contributed by atoms with Crippen molar-refractivity contribution < 1.29 is 8.83 Å². The Bertz CT molecular complexity index is 3860. The van der Waals surface area contributed by atoms with Crippen LogP contribution in [0.5, 0.6) is 0 Å². The summed E-state index contributed by atoms with van der Waals surface area (Å²) in [4.78, 5) is 14.9. The summed E-state index contributed by atoms with van der Waals surface area (Å²) in [6, 6.07) is 71.7. The number of hydrogen-bond acceptors (Lipinski definition) is 5. The van der Waals surface area contributed by atoms with Gasteiger partial charge in [0.1, 0.15) is 11.2 Å². The van der Waals surface area contributed by atoms with Crippen molar-refractivity contribution in [3.8, 4) is 62.1 Å². The first-order chi connectivity index (χ1) is 31.2. The molecule has 0 aliphatic rings. The number of rotatable bonds is 6. The van der Waals surface area contributed by atoms with Crippen LogP contribution in [0.15, 0.2) is 215 Å². The Morgan fingerprint density at radius 3 is 1.62 bits per heavy atom. The van der Waals surface area contributed by atoms with E-state index >= 15 is 0 Å². The maximum Gasteiger partial charge on any atom is 0.178 e. The molecule has 294 valence electrons. The Morgan fingerprint density at radius 2 is 0.841 bits per heavy atom. The van der Waals surface area contributed by atoms with Gasteiger partial charge in [0.05, 0.1) is 11.0 Å². The van der Waals surface area contributed by atoms with Crippen molar-refractivity contribution in [1.82, 2.24) is 19.5 Å². The fourth-order valence-corrected chi connectivity index (χ4v) is 9.28. The molecule has 0 atom stereocenters. The first kappa shape index (κ1) is 35.2. The summed E-state index contributed by atoms with van der Waals surface area (Å²) < 4.78 is 15.5. The molecule has 0 bridgehead atoms. The summed E-state index contributed by atoms with van der Waals surface area (Å²) in [6.45, 7) is 0. The van der Waals surface area contributed by atoms with Gasteiger partial charge >= 0.3 is 0 Å². The predicted molar refractivity (Wildman–Crippen MR) is 256 cm³/mol. The molecule has 0 spiro atoms. The van der Waals surface area contributed by atoms with Crippen LogP contribution in [0, 0.1) is 0 Å². The van der Waals surface area contributed by atoms with E-state index in [4.69, 9.17) is 23.8 Å². The average Bonchev–Trinajstić information content (AvgIpc) is 4.04. The molecule has 0 saturated heterocycles. The summed E-state index contributed by atoms with van der Waals surface area (Å²) in [5.74, 6) is 1.90. The normalized spacial score (nSPS) is 11.8. The number of nitrogens with zero attached hydrogens (tertiary/aromatic N) is 4. The van der Waals surface area contributed by atoms with E-state index in [0.717, 1.165) is 99.5 Å². The van der Waals surface area contributed by atoms with Crippen molar-refractivity contribution in [2.45, 2.75) is 0 Å². The third-order valence-corrected chi connectivity index (χ3v) is 12.3. The quantitative estimate of drug-likeness (QED) is 0.167. The van der Waals surface area contributed by atoms with Gasteiger partial charge in [-0.05, 0) is 71.3 Å². The molecule has 0 N–H and O–H groups in total. The molecule has 0 aliphatic heterocycles. The summed E-state index contributed by atoms with van der Waals surface area (Å²) in [5, 5.41) is 6.61. The van der Waals surface area contributed by atoms with Gasteiger partial charge in [-0.15, -0.1) is 0 Å². The van der Waals surface area contributed by atoms with Gasteiger partial charge in [0.2, 0.25) is 0 Å². The Balaban J connectivity index is 0.914. The number of fused-ring (bicyclic) bond motifs is 10. The third-order valence-electron chi connectivity index (χ3n) is 12.3. The first-order valence-corrected chi connectivity index (χ1v) is 21.1.